The molecule has 1 fully saturated rings. The van der Waals surface area contributed by atoms with Crippen LogP contribution in [0.25, 0.3) is 0 Å². The molecule has 2 heterocycles. The fourth-order valence-corrected chi connectivity index (χ4v) is 3.88. The molecule has 2 N–H and O–H groups in total. The molecule has 7 heteroatoms. The summed E-state index contributed by atoms with van der Waals surface area (Å²) in [6.45, 7) is 12.3. The number of fused-ring (bicyclic) bond motifs is 1. The minimum Gasteiger partial charge on any atom is -0.488 e. The normalized spacial score (nSPS) is 25.5. The second-order valence-electron chi connectivity index (χ2n) is 8.33. The minimum atomic E-state index is 0. The maximum atomic E-state index is 6.00. The first-order valence-corrected chi connectivity index (χ1v) is 9.97. The molecule has 0 radical (unpaired) electrons. The van der Waals surface area contributed by atoms with Crippen LogP contribution in [0.15, 0.2) is 29.3 Å². The molecule has 6 nitrogen and oxygen atoms in total. The van der Waals surface area contributed by atoms with Gasteiger partial charge in [-0.05, 0) is 39.3 Å². The van der Waals surface area contributed by atoms with Gasteiger partial charge in [-0.25, -0.2) is 0 Å². The van der Waals surface area contributed by atoms with Gasteiger partial charge in [0.15, 0.2) is 5.96 Å². The molecular formula is C21H35IN4O2. The number of hydrogen-bond acceptors (Lipinski definition) is 4. The lowest BCUT2D eigenvalue weighted by molar-refractivity contribution is -0.0946. The number of halogens is 1. The molecule has 3 atom stereocenters. The van der Waals surface area contributed by atoms with Gasteiger partial charge in [0.05, 0.1) is 18.8 Å². The highest BCUT2D eigenvalue weighted by Crippen LogP contribution is 2.27. The highest BCUT2D eigenvalue weighted by molar-refractivity contribution is 14.0. The first-order valence-electron chi connectivity index (χ1n) is 9.97. The van der Waals surface area contributed by atoms with Gasteiger partial charge >= 0.3 is 0 Å². The van der Waals surface area contributed by atoms with Crippen molar-refractivity contribution in [3.63, 3.8) is 0 Å². The number of rotatable bonds is 5. The summed E-state index contributed by atoms with van der Waals surface area (Å²) in [4.78, 5) is 6.87. The van der Waals surface area contributed by atoms with E-state index in [0.717, 1.165) is 44.3 Å². The topological polar surface area (TPSA) is 58.1 Å². The molecule has 0 amide bonds. The summed E-state index contributed by atoms with van der Waals surface area (Å²) in [5, 5.41) is 6.89. The van der Waals surface area contributed by atoms with E-state index in [-0.39, 0.29) is 47.8 Å². The van der Waals surface area contributed by atoms with Crippen molar-refractivity contribution in [1.82, 2.24) is 15.5 Å². The molecule has 0 aromatic heterocycles. The predicted molar refractivity (Wildman–Crippen MR) is 125 cm³/mol. The SMILES string of the molecule is CN=C(NCC1Cc2ccccc2O1)NCC(C)(C)N1CC(C)OC(C)C1.I. The highest BCUT2D eigenvalue weighted by atomic mass is 127. The van der Waals surface area contributed by atoms with Crippen LogP contribution in [0.5, 0.6) is 5.75 Å². The third-order valence-corrected chi connectivity index (χ3v) is 5.40. The quantitative estimate of drug-likeness (QED) is 0.369. The van der Waals surface area contributed by atoms with Gasteiger partial charge in [-0.3, -0.25) is 9.89 Å². The molecule has 158 valence electrons. The number of morpholine rings is 1. The first-order chi connectivity index (χ1) is 12.9. The monoisotopic (exact) mass is 502 g/mol. The molecule has 1 saturated heterocycles. The number of guanidine groups is 1. The summed E-state index contributed by atoms with van der Waals surface area (Å²) in [6, 6.07) is 8.25. The maximum Gasteiger partial charge on any atom is 0.191 e. The number of para-hydroxylation sites is 1. The Bertz CT molecular complexity index is 633. The van der Waals surface area contributed by atoms with Crippen LogP contribution in [0.4, 0.5) is 0 Å². The zero-order chi connectivity index (χ0) is 19.4. The summed E-state index contributed by atoms with van der Waals surface area (Å²) < 4.78 is 11.9. The molecule has 3 unspecified atom stereocenters. The van der Waals surface area contributed by atoms with Crippen LogP contribution < -0.4 is 15.4 Å². The van der Waals surface area contributed by atoms with Gasteiger partial charge in [0.25, 0.3) is 0 Å². The molecule has 1 aromatic carbocycles. The Morgan fingerprint density at radius 3 is 2.50 bits per heavy atom. The number of benzene rings is 1. The molecule has 1 aromatic rings. The summed E-state index contributed by atoms with van der Waals surface area (Å²) in [5.41, 5.74) is 1.30. The van der Waals surface area contributed by atoms with Gasteiger partial charge < -0.3 is 20.1 Å². The predicted octanol–water partition coefficient (Wildman–Crippen LogP) is 2.66. The second-order valence-corrected chi connectivity index (χ2v) is 8.33. The highest BCUT2D eigenvalue weighted by Gasteiger charge is 2.33. The zero-order valence-corrected chi connectivity index (χ0v) is 20.0. The van der Waals surface area contributed by atoms with Gasteiger partial charge in [-0.1, -0.05) is 18.2 Å². The molecule has 28 heavy (non-hydrogen) atoms. The number of hydrogen-bond donors (Lipinski definition) is 2. The third-order valence-electron chi connectivity index (χ3n) is 5.40. The lowest BCUT2D eigenvalue weighted by Crippen LogP contribution is -2.59. The van der Waals surface area contributed by atoms with Crippen molar-refractivity contribution in [2.75, 3.05) is 33.2 Å². The Balaban J connectivity index is 0.00000280. The van der Waals surface area contributed by atoms with Gasteiger partial charge in [-0.2, -0.15) is 0 Å². The van der Waals surface area contributed by atoms with E-state index in [1.807, 2.05) is 19.2 Å². The standard InChI is InChI=1S/C21H34N4O2.HI/c1-15-12-25(13-16(2)26-15)21(3,4)14-24-20(22-5)23-11-18-10-17-8-6-7-9-19(17)27-18;/h6-9,15-16,18H,10-14H2,1-5H3,(H2,22,23,24);1H. The number of nitrogens with zero attached hydrogens (tertiary/aromatic N) is 2. The molecule has 0 aliphatic carbocycles. The Morgan fingerprint density at radius 1 is 1.18 bits per heavy atom. The van der Waals surface area contributed by atoms with Crippen LogP contribution in [0.1, 0.15) is 33.3 Å². The van der Waals surface area contributed by atoms with E-state index in [1.54, 1.807) is 0 Å². The summed E-state index contributed by atoms with van der Waals surface area (Å²) in [7, 11) is 1.81. The smallest absolute Gasteiger partial charge is 0.191 e. The van der Waals surface area contributed by atoms with E-state index in [4.69, 9.17) is 9.47 Å². The second kappa shape index (κ2) is 10.1. The van der Waals surface area contributed by atoms with Crippen molar-refractivity contribution < 1.29 is 9.47 Å². The van der Waals surface area contributed by atoms with E-state index in [1.165, 1.54) is 5.56 Å². The molecule has 0 spiro atoms. The van der Waals surface area contributed by atoms with E-state index < -0.39 is 0 Å². The Kier molecular flexibility index (Phi) is 8.39. The van der Waals surface area contributed by atoms with Crippen LogP contribution in [-0.2, 0) is 11.2 Å². The Morgan fingerprint density at radius 2 is 1.86 bits per heavy atom. The Hall–Kier alpha value is -1.06. The molecule has 0 saturated carbocycles. The average molecular weight is 502 g/mol. The van der Waals surface area contributed by atoms with E-state index in [2.05, 4.69) is 60.4 Å². The lowest BCUT2D eigenvalue weighted by Gasteiger charge is -2.45. The van der Waals surface area contributed by atoms with Crippen LogP contribution in [-0.4, -0.2) is 67.9 Å². The number of nitrogens with one attached hydrogen (secondary N) is 2. The van der Waals surface area contributed by atoms with Gasteiger partial charge in [-0.15, -0.1) is 24.0 Å². The van der Waals surface area contributed by atoms with Gasteiger partial charge in [0.2, 0.25) is 0 Å². The Labute approximate surface area is 186 Å². The first kappa shape index (κ1) is 23.2. The van der Waals surface area contributed by atoms with Crippen LogP contribution in [0, 0.1) is 0 Å². The van der Waals surface area contributed by atoms with E-state index >= 15 is 0 Å². The largest absolute Gasteiger partial charge is 0.488 e. The molecule has 3 rings (SSSR count). The number of aliphatic imine (C=N–C) groups is 1. The van der Waals surface area contributed by atoms with Crippen molar-refractivity contribution in [2.45, 2.75) is 58.0 Å². The van der Waals surface area contributed by atoms with Gasteiger partial charge in [0, 0.05) is 38.6 Å². The van der Waals surface area contributed by atoms with Crippen molar-refractivity contribution in [3.05, 3.63) is 29.8 Å². The molecule has 2 aliphatic rings. The van der Waals surface area contributed by atoms with E-state index in [0.29, 0.717) is 0 Å². The number of ether oxygens (including phenoxy) is 2. The lowest BCUT2D eigenvalue weighted by atomic mass is 10.00. The minimum absolute atomic E-state index is 0. The van der Waals surface area contributed by atoms with Crippen molar-refractivity contribution in [1.29, 1.82) is 0 Å². The fourth-order valence-electron chi connectivity index (χ4n) is 3.88. The summed E-state index contributed by atoms with van der Waals surface area (Å²) >= 11 is 0. The van der Waals surface area contributed by atoms with Crippen LogP contribution in [0.2, 0.25) is 0 Å². The molecular weight excluding hydrogens is 467 g/mol. The zero-order valence-electron chi connectivity index (χ0n) is 17.7. The fraction of sp³-hybridized carbons (Fsp3) is 0.667. The van der Waals surface area contributed by atoms with E-state index in [9.17, 15) is 0 Å². The van der Waals surface area contributed by atoms with Crippen molar-refractivity contribution in [3.8, 4) is 5.75 Å². The van der Waals surface area contributed by atoms with Crippen molar-refractivity contribution in [2.24, 2.45) is 4.99 Å². The van der Waals surface area contributed by atoms with Gasteiger partial charge in [0.1, 0.15) is 11.9 Å². The van der Waals surface area contributed by atoms with Crippen LogP contribution >= 0.6 is 24.0 Å². The third kappa shape index (κ3) is 5.97. The summed E-state index contributed by atoms with van der Waals surface area (Å²) in [5.74, 6) is 1.82. The van der Waals surface area contributed by atoms with Crippen molar-refractivity contribution >= 4 is 29.9 Å². The molecule has 2 aliphatic heterocycles. The van der Waals surface area contributed by atoms with Crippen LogP contribution in [0.3, 0.4) is 0 Å². The molecule has 0 bridgehead atoms. The summed E-state index contributed by atoms with van der Waals surface area (Å²) in [6.07, 6.45) is 1.63. The average Bonchev–Trinajstić information content (AvgIpc) is 3.04. The maximum absolute atomic E-state index is 6.00.